The summed E-state index contributed by atoms with van der Waals surface area (Å²) in [5.74, 6) is 0.0522. The number of carbonyl (C=O) groups is 1. The van der Waals surface area contributed by atoms with Gasteiger partial charge in [-0.3, -0.25) is 4.98 Å². The minimum absolute atomic E-state index is 0.318. The molecule has 0 bridgehead atoms. The molecule has 0 saturated carbocycles. The molecule has 3 aromatic rings. The summed E-state index contributed by atoms with van der Waals surface area (Å²) in [7, 11) is 0. The van der Waals surface area contributed by atoms with Crippen LogP contribution in [-0.2, 0) is 17.0 Å². The van der Waals surface area contributed by atoms with Gasteiger partial charge in [-0.25, -0.2) is 4.79 Å². The summed E-state index contributed by atoms with van der Waals surface area (Å²) in [5.41, 5.74) is 3.94. The van der Waals surface area contributed by atoms with E-state index in [0.717, 1.165) is 54.0 Å². The first-order valence-corrected chi connectivity index (χ1v) is 12.8. The lowest BCUT2D eigenvalue weighted by Crippen LogP contribution is -2.42. The highest BCUT2D eigenvalue weighted by molar-refractivity contribution is 6.30. The van der Waals surface area contributed by atoms with Gasteiger partial charge in [0.1, 0.15) is 18.1 Å². The number of likely N-dealkylation sites (tertiary alicyclic amines) is 1. The van der Waals surface area contributed by atoms with E-state index in [2.05, 4.69) is 22.0 Å². The Labute approximate surface area is 220 Å². The number of aliphatic carboxylic acids is 1. The van der Waals surface area contributed by atoms with Crippen molar-refractivity contribution in [3.8, 4) is 11.5 Å². The fourth-order valence-electron chi connectivity index (χ4n) is 4.98. The van der Waals surface area contributed by atoms with Gasteiger partial charge in [-0.1, -0.05) is 35.9 Å². The maximum Gasteiger partial charge on any atom is 0.341 e. The predicted octanol–water partition coefficient (Wildman–Crippen LogP) is 4.90. The molecular formula is C29H29ClN2O5. The molecule has 2 N–H and O–H groups in total. The van der Waals surface area contributed by atoms with E-state index in [-0.39, 0.29) is 0 Å². The number of nitrogens with zero attached hydrogens (tertiary/aromatic N) is 2. The number of carboxylic acids is 1. The van der Waals surface area contributed by atoms with Gasteiger partial charge >= 0.3 is 5.97 Å². The number of rotatable bonds is 7. The van der Waals surface area contributed by atoms with Crippen molar-refractivity contribution in [2.75, 3.05) is 26.2 Å². The molecule has 37 heavy (non-hydrogen) atoms. The van der Waals surface area contributed by atoms with Gasteiger partial charge in [-0.2, -0.15) is 0 Å². The average Bonchev–Trinajstić information content (AvgIpc) is 3.06. The Hall–Kier alpha value is -3.39. The number of piperidine rings is 1. The highest BCUT2D eigenvalue weighted by Crippen LogP contribution is 2.39. The van der Waals surface area contributed by atoms with Crippen LogP contribution in [0, 0.1) is 0 Å². The molecule has 0 aliphatic carbocycles. The average molecular weight is 521 g/mol. The molecule has 5 rings (SSSR count). The number of fused-ring (bicyclic) bond motifs is 2. The van der Waals surface area contributed by atoms with Crippen molar-refractivity contribution in [3.63, 3.8) is 0 Å². The Balaban J connectivity index is 1.30. The summed E-state index contributed by atoms with van der Waals surface area (Å²) in [6.45, 7) is 2.39. The molecule has 3 heterocycles. The fourth-order valence-corrected chi connectivity index (χ4v) is 5.10. The van der Waals surface area contributed by atoms with Crippen molar-refractivity contribution in [3.05, 3.63) is 94.3 Å². The second kappa shape index (κ2) is 10.9. The zero-order chi connectivity index (χ0) is 25.8. The topological polar surface area (TPSA) is 92.1 Å². The van der Waals surface area contributed by atoms with Crippen LogP contribution in [0.2, 0.25) is 5.02 Å². The molecule has 8 heteroatoms. The van der Waals surface area contributed by atoms with Crippen molar-refractivity contribution < 1.29 is 24.5 Å². The largest absolute Gasteiger partial charge is 0.486 e. The molecule has 7 nitrogen and oxygen atoms in total. The number of benzene rings is 2. The predicted molar refractivity (Wildman–Crippen MR) is 141 cm³/mol. The molecule has 1 fully saturated rings. The molecule has 1 aromatic heterocycles. The van der Waals surface area contributed by atoms with E-state index in [9.17, 15) is 9.90 Å². The molecule has 2 aromatic carbocycles. The molecule has 0 atom stereocenters. The molecule has 0 unspecified atom stereocenters. The van der Waals surface area contributed by atoms with Crippen molar-refractivity contribution in [2.24, 2.45) is 0 Å². The first kappa shape index (κ1) is 25.3. The molecule has 2 aliphatic rings. The fraction of sp³-hybridized carbons (Fsp3) is 0.310. The minimum atomic E-state index is -1.03. The van der Waals surface area contributed by atoms with E-state index < -0.39 is 18.2 Å². The van der Waals surface area contributed by atoms with E-state index in [1.54, 1.807) is 18.3 Å². The lowest BCUT2D eigenvalue weighted by molar-refractivity contribution is -0.139. The number of hydrogen-bond acceptors (Lipinski definition) is 6. The van der Waals surface area contributed by atoms with Crippen LogP contribution in [0.1, 0.15) is 41.6 Å². The number of aromatic nitrogens is 1. The number of aliphatic hydroxyl groups is 1. The van der Waals surface area contributed by atoms with Gasteiger partial charge in [0.15, 0.2) is 6.61 Å². The zero-order valence-corrected chi connectivity index (χ0v) is 21.2. The van der Waals surface area contributed by atoms with Crippen LogP contribution in [-0.4, -0.2) is 52.3 Å². The Bertz CT molecular complexity index is 1300. The van der Waals surface area contributed by atoms with E-state index in [1.165, 1.54) is 0 Å². The second-order valence-electron chi connectivity index (χ2n) is 9.41. The Morgan fingerprint density at radius 3 is 2.68 bits per heavy atom. The third-order valence-corrected chi connectivity index (χ3v) is 7.26. The molecule has 0 spiro atoms. The normalized spacial score (nSPS) is 17.8. The number of hydrogen-bond donors (Lipinski definition) is 2. The first-order chi connectivity index (χ1) is 17.9. The smallest absolute Gasteiger partial charge is 0.341 e. The van der Waals surface area contributed by atoms with Crippen molar-refractivity contribution in [2.45, 2.75) is 31.5 Å². The maximum atomic E-state index is 11.2. The molecule has 1 saturated heterocycles. The molecule has 0 radical (unpaired) electrons. The van der Waals surface area contributed by atoms with Crippen LogP contribution < -0.4 is 9.47 Å². The van der Waals surface area contributed by atoms with Gasteiger partial charge in [-0.15, -0.1) is 0 Å². The van der Waals surface area contributed by atoms with Crippen LogP contribution in [0.25, 0.3) is 5.57 Å². The Kier molecular flexibility index (Phi) is 7.46. The highest BCUT2D eigenvalue weighted by atomic mass is 35.5. The van der Waals surface area contributed by atoms with Gasteiger partial charge in [-0.05, 0) is 60.7 Å². The SMILES string of the molecule is O=C(O)COc1ccc2c(c1)OCc1ncccc1C2=CCCN1CCC(O)(c2ccc(Cl)cc2)CC1. The Morgan fingerprint density at radius 1 is 1.14 bits per heavy atom. The number of halogens is 1. The van der Waals surface area contributed by atoms with Gasteiger partial charge in [0.05, 0.1) is 11.3 Å². The monoisotopic (exact) mass is 520 g/mol. The maximum absolute atomic E-state index is 11.2. The van der Waals surface area contributed by atoms with Crippen molar-refractivity contribution in [1.29, 1.82) is 0 Å². The van der Waals surface area contributed by atoms with E-state index >= 15 is 0 Å². The quantitative estimate of drug-likeness (QED) is 0.458. The zero-order valence-electron chi connectivity index (χ0n) is 20.4. The third kappa shape index (κ3) is 5.80. The van der Waals surface area contributed by atoms with Crippen molar-refractivity contribution in [1.82, 2.24) is 9.88 Å². The third-order valence-electron chi connectivity index (χ3n) is 7.01. The van der Waals surface area contributed by atoms with Crippen LogP contribution in [0.5, 0.6) is 11.5 Å². The lowest BCUT2D eigenvalue weighted by atomic mass is 9.84. The van der Waals surface area contributed by atoms with Gasteiger partial charge in [0.2, 0.25) is 0 Å². The van der Waals surface area contributed by atoms with Gasteiger partial charge in [0.25, 0.3) is 0 Å². The van der Waals surface area contributed by atoms with E-state index in [4.69, 9.17) is 26.2 Å². The second-order valence-corrected chi connectivity index (χ2v) is 9.85. The minimum Gasteiger partial charge on any atom is -0.486 e. The number of pyridine rings is 1. The van der Waals surface area contributed by atoms with Crippen LogP contribution in [0.3, 0.4) is 0 Å². The van der Waals surface area contributed by atoms with E-state index in [1.807, 2.05) is 36.4 Å². The summed E-state index contributed by atoms with van der Waals surface area (Å²) in [4.78, 5) is 17.8. The number of carboxylic acid groups (broad SMARTS) is 1. The molecule has 0 amide bonds. The number of ether oxygens (including phenoxy) is 2. The van der Waals surface area contributed by atoms with Gasteiger partial charge < -0.3 is 24.6 Å². The van der Waals surface area contributed by atoms with Crippen LogP contribution in [0.4, 0.5) is 0 Å². The first-order valence-electron chi connectivity index (χ1n) is 12.4. The van der Waals surface area contributed by atoms with Gasteiger partial charge in [0, 0.05) is 48.0 Å². The molecular weight excluding hydrogens is 492 g/mol. The standard InChI is InChI=1S/C29H29ClN2O5/c30-21-7-5-20(6-8-21)29(35)11-15-32(16-12-29)14-2-4-23-24-3-1-13-31-26(24)18-37-27-17-22(9-10-25(23)27)36-19-28(33)34/h1,3-10,13,17,35H,2,11-12,14-16,18-19H2,(H,33,34). The van der Waals surface area contributed by atoms with Crippen LogP contribution >= 0.6 is 11.6 Å². The summed E-state index contributed by atoms with van der Waals surface area (Å²) >= 11 is 6.01. The van der Waals surface area contributed by atoms with Crippen molar-refractivity contribution >= 4 is 23.1 Å². The lowest BCUT2D eigenvalue weighted by Gasteiger charge is -2.38. The summed E-state index contributed by atoms with van der Waals surface area (Å²) in [5, 5.41) is 20.8. The summed E-state index contributed by atoms with van der Waals surface area (Å²) in [6.07, 6.45) is 6.14. The van der Waals surface area contributed by atoms with E-state index in [0.29, 0.717) is 36.0 Å². The molecule has 192 valence electrons. The Morgan fingerprint density at radius 2 is 1.92 bits per heavy atom. The van der Waals surface area contributed by atoms with Crippen LogP contribution in [0.15, 0.2) is 66.9 Å². The molecule has 2 aliphatic heterocycles. The summed E-state index contributed by atoms with van der Waals surface area (Å²) < 4.78 is 11.4. The highest BCUT2D eigenvalue weighted by Gasteiger charge is 2.33. The summed E-state index contributed by atoms with van der Waals surface area (Å²) in [6, 6.07) is 16.9.